The maximum absolute atomic E-state index is 12.6. The Labute approximate surface area is 170 Å². The minimum Gasteiger partial charge on any atom is -0.367 e. The van der Waals surface area contributed by atoms with Crippen LogP contribution in [-0.4, -0.2) is 66.9 Å². The molecule has 152 valence electrons. The van der Waals surface area contributed by atoms with Crippen LogP contribution in [0, 0.1) is 13.8 Å². The van der Waals surface area contributed by atoms with Gasteiger partial charge in [-0.3, -0.25) is 9.59 Å². The summed E-state index contributed by atoms with van der Waals surface area (Å²) in [5.74, 6) is -0.469. The molecule has 1 aromatic heterocycles. The number of likely N-dealkylation sites (N-methyl/N-ethyl adjacent to an activating group) is 1. The molecule has 0 saturated heterocycles. The summed E-state index contributed by atoms with van der Waals surface area (Å²) >= 11 is 1.43. The van der Waals surface area contributed by atoms with Crippen LogP contribution in [0.2, 0.25) is 0 Å². The molecule has 8 heteroatoms. The SMILES string of the molecule is Cc1nc(NC(=O)CN(CCN(C)C)C(=O)COCc2ccccc2)sc1C. The summed E-state index contributed by atoms with van der Waals surface area (Å²) in [7, 11) is 3.85. The molecule has 28 heavy (non-hydrogen) atoms. The van der Waals surface area contributed by atoms with Gasteiger partial charge in [-0.2, -0.15) is 0 Å². The summed E-state index contributed by atoms with van der Waals surface area (Å²) in [5.41, 5.74) is 1.90. The van der Waals surface area contributed by atoms with E-state index in [2.05, 4.69) is 10.3 Å². The van der Waals surface area contributed by atoms with Crippen LogP contribution in [0.15, 0.2) is 30.3 Å². The number of aromatic nitrogens is 1. The van der Waals surface area contributed by atoms with E-state index >= 15 is 0 Å². The van der Waals surface area contributed by atoms with E-state index in [0.717, 1.165) is 16.1 Å². The Balaban J connectivity index is 1.89. The predicted molar refractivity (Wildman–Crippen MR) is 111 cm³/mol. The minimum atomic E-state index is -0.260. The molecule has 0 saturated carbocycles. The Kier molecular flexibility index (Phi) is 8.56. The van der Waals surface area contributed by atoms with E-state index in [1.165, 1.54) is 16.2 Å². The molecular weight excluding hydrogens is 376 g/mol. The Morgan fingerprint density at radius 2 is 1.86 bits per heavy atom. The molecule has 0 aliphatic heterocycles. The number of thiazole rings is 1. The number of nitrogens with zero attached hydrogens (tertiary/aromatic N) is 3. The van der Waals surface area contributed by atoms with Crippen LogP contribution >= 0.6 is 11.3 Å². The quantitative estimate of drug-likeness (QED) is 0.658. The molecule has 2 amide bonds. The zero-order valence-corrected chi connectivity index (χ0v) is 17.7. The van der Waals surface area contributed by atoms with Crippen LogP contribution in [-0.2, 0) is 20.9 Å². The lowest BCUT2D eigenvalue weighted by atomic mass is 10.2. The number of ether oxygens (including phenoxy) is 1. The maximum Gasteiger partial charge on any atom is 0.249 e. The number of carbonyl (C=O) groups is 2. The van der Waals surface area contributed by atoms with Gasteiger partial charge in [-0.15, -0.1) is 11.3 Å². The molecule has 0 aliphatic rings. The van der Waals surface area contributed by atoms with Gasteiger partial charge in [0, 0.05) is 18.0 Å². The van der Waals surface area contributed by atoms with Gasteiger partial charge in [-0.1, -0.05) is 30.3 Å². The minimum absolute atomic E-state index is 0.0287. The summed E-state index contributed by atoms with van der Waals surface area (Å²) in [5, 5.41) is 3.33. The zero-order valence-electron chi connectivity index (χ0n) is 16.9. The summed E-state index contributed by atoms with van der Waals surface area (Å²) < 4.78 is 5.54. The third-order valence-corrected chi connectivity index (χ3v) is 5.10. The topological polar surface area (TPSA) is 74.8 Å². The van der Waals surface area contributed by atoms with E-state index < -0.39 is 0 Å². The van der Waals surface area contributed by atoms with Crippen LogP contribution in [0.1, 0.15) is 16.1 Å². The highest BCUT2D eigenvalue weighted by atomic mass is 32.1. The molecule has 1 N–H and O–H groups in total. The highest BCUT2D eigenvalue weighted by Crippen LogP contribution is 2.20. The Morgan fingerprint density at radius 1 is 1.14 bits per heavy atom. The maximum atomic E-state index is 12.6. The summed E-state index contributed by atoms with van der Waals surface area (Å²) in [6, 6.07) is 9.67. The summed E-state index contributed by atoms with van der Waals surface area (Å²) in [6.07, 6.45) is 0. The highest BCUT2D eigenvalue weighted by Gasteiger charge is 2.18. The number of anilines is 1. The highest BCUT2D eigenvalue weighted by molar-refractivity contribution is 7.15. The van der Waals surface area contributed by atoms with Crippen molar-refractivity contribution in [1.82, 2.24) is 14.8 Å². The first-order valence-electron chi connectivity index (χ1n) is 9.13. The molecule has 1 heterocycles. The van der Waals surface area contributed by atoms with Gasteiger partial charge in [0.25, 0.3) is 0 Å². The molecular formula is C20H28N4O3S. The molecule has 1 aromatic carbocycles. The van der Waals surface area contributed by atoms with Gasteiger partial charge in [0.05, 0.1) is 12.3 Å². The third-order valence-electron chi connectivity index (χ3n) is 4.12. The van der Waals surface area contributed by atoms with Gasteiger partial charge in [0.2, 0.25) is 11.8 Å². The van der Waals surface area contributed by atoms with Crippen molar-refractivity contribution in [2.24, 2.45) is 0 Å². The number of benzene rings is 1. The van der Waals surface area contributed by atoms with Crippen molar-refractivity contribution in [2.45, 2.75) is 20.5 Å². The van der Waals surface area contributed by atoms with Crippen molar-refractivity contribution in [2.75, 3.05) is 45.7 Å². The number of aryl methyl sites for hydroxylation is 2. The first-order chi connectivity index (χ1) is 13.3. The van der Waals surface area contributed by atoms with E-state index in [4.69, 9.17) is 4.74 Å². The van der Waals surface area contributed by atoms with Crippen molar-refractivity contribution in [3.05, 3.63) is 46.5 Å². The number of amides is 2. The molecule has 0 aliphatic carbocycles. The lowest BCUT2D eigenvalue weighted by Crippen LogP contribution is -2.43. The molecule has 0 spiro atoms. The summed E-state index contributed by atoms with van der Waals surface area (Å²) in [4.78, 5) is 33.8. The van der Waals surface area contributed by atoms with Gasteiger partial charge in [0.15, 0.2) is 5.13 Å². The van der Waals surface area contributed by atoms with Crippen LogP contribution in [0.3, 0.4) is 0 Å². The smallest absolute Gasteiger partial charge is 0.249 e. The van der Waals surface area contributed by atoms with Crippen molar-refractivity contribution in [1.29, 1.82) is 0 Å². The number of hydrogen-bond acceptors (Lipinski definition) is 6. The van der Waals surface area contributed by atoms with Crippen LogP contribution < -0.4 is 5.32 Å². The molecule has 2 aromatic rings. The second kappa shape index (κ2) is 10.9. The van der Waals surface area contributed by atoms with Gasteiger partial charge >= 0.3 is 0 Å². The first kappa shape index (κ1) is 22.0. The van der Waals surface area contributed by atoms with E-state index in [1.807, 2.05) is 63.2 Å². The lowest BCUT2D eigenvalue weighted by molar-refractivity contribution is -0.139. The van der Waals surface area contributed by atoms with Gasteiger partial charge in [0.1, 0.15) is 13.2 Å². The Morgan fingerprint density at radius 3 is 2.46 bits per heavy atom. The van der Waals surface area contributed by atoms with E-state index in [-0.39, 0.29) is 25.0 Å². The largest absolute Gasteiger partial charge is 0.367 e. The molecule has 0 bridgehead atoms. The average molecular weight is 405 g/mol. The predicted octanol–water partition coefficient (Wildman–Crippen LogP) is 2.31. The van der Waals surface area contributed by atoms with Crippen molar-refractivity contribution < 1.29 is 14.3 Å². The van der Waals surface area contributed by atoms with Crippen molar-refractivity contribution >= 4 is 28.3 Å². The zero-order chi connectivity index (χ0) is 20.5. The fraction of sp³-hybridized carbons (Fsp3) is 0.450. The summed E-state index contributed by atoms with van der Waals surface area (Å²) in [6.45, 7) is 5.23. The fourth-order valence-corrected chi connectivity index (χ4v) is 3.22. The van der Waals surface area contributed by atoms with E-state index in [9.17, 15) is 9.59 Å². The lowest BCUT2D eigenvalue weighted by Gasteiger charge is -2.23. The van der Waals surface area contributed by atoms with Crippen molar-refractivity contribution in [3.63, 3.8) is 0 Å². The fourth-order valence-electron chi connectivity index (χ4n) is 2.39. The molecule has 0 fully saturated rings. The van der Waals surface area contributed by atoms with Crippen LogP contribution in [0.5, 0.6) is 0 Å². The monoisotopic (exact) mass is 404 g/mol. The number of hydrogen-bond donors (Lipinski definition) is 1. The standard InChI is InChI=1S/C20H28N4O3S/c1-15-16(2)28-20(21-15)22-18(25)12-24(11-10-23(3)4)19(26)14-27-13-17-8-6-5-7-9-17/h5-9H,10-14H2,1-4H3,(H,21,22,25). The van der Waals surface area contributed by atoms with Crippen LogP contribution in [0.25, 0.3) is 0 Å². The number of nitrogens with one attached hydrogen (secondary N) is 1. The third kappa shape index (κ3) is 7.38. The molecule has 7 nitrogen and oxygen atoms in total. The molecule has 0 radical (unpaired) electrons. The second-order valence-electron chi connectivity index (χ2n) is 6.81. The number of carbonyl (C=O) groups excluding carboxylic acids is 2. The van der Waals surface area contributed by atoms with Crippen molar-refractivity contribution in [3.8, 4) is 0 Å². The first-order valence-corrected chi connectivity index (χ1v) is 9.95. The Hall–Kier alpha value is -2.29. The average Bonchev–Trinajstić information content (AvgIpc) is 2.96. The van der Waals surface area contributed by atoms with E-state index in [1.54, 1.807) is 0 Å². The van der Waals surface area contributed by atoms with Gasteiger partial charge in [-0.25, -0.2) is 4.98 Å². The molecule has 2 rings (SSSR count). The normalized spacial score (nSPS) is 10.9. The number of rotatable bonds is 10. The van der Waals surface area contributed by atoms with Crippen LogP contribution in [0.4, 0.5) is 5.13 Å². The van der Waals surface area contributed by atoms with E-state index in [0.29, 0.717) is 24.8 Å². The molecule has 0 unspecified atom stereocenters. The second-order valence-corrected chi connectivity index (χ2v) is 8.01. The Bertz CT molecular complexity index is 758. The molecule has 0 atom stereocenters. The van der Waals surface area contributed by atoms with Gasteiger partial charge in [-0.05, 0) is 33.5 Å². The van der Waals surface area contributed by atoms with Gasteiger partial charge < -0.3 is 19.9 Å².